The van der Waals surface area contributed by atoms with Crippen LogP contribution in [0.25, 0.3) is 0 Å². The summed E-state index contributed by atoms with van der Waals surface area (Å²) in [6.45, 7) is 2.59. The zero-order valence-electron chi connectivity index (χ0n) is 11.6. The maximum atomic E-state index is 13.0. The van der Waals surface area contributed by atoms with E-state index in [1.807, 2.05) is 5.32 Å². The molecule has 0 saturated heterocycles. The number of hydrogen-bond acceptors (Lipinski definition) is 4. The molecule has 21 heavy (non-hydrogen) atoms. The van der Waals surface area contributed by atoms with Gasteiger partial charge in [0.2, 0.25) is 0 Å². The van der Waals surface area contributed by atoms with Crippen molar-refractivity contribution in [3.8, 4) is 0 Å². The fraction of sp³-hybridized carbons (Fsp3) is 0.667. The molecule has 0 aliphatic carbocycles. The van der Waals surface area contributed by atoms with Crippen molar-refractivity contribution in [2.45, 2.75) is 39.3 Å². The molecule has 122 valence electrons. The molecule has 0 aromatic heterocycles. The van der Waals surface area contributed by atoms with Crippen LogP contribution in [0.3, 0.4) is 0 Å². The summed E-state index contributed by atoms with van der Waals surface area (Å²) in [5.41, 5.74) is -4.86. The molecule has 2 N–H and O–H groups in total. The Hall–Kier alpha value is -1.67. The van der Waals surface area contributed by atoms with E-state index >= 15 is 0 Å². The monoisotopic (exact) mass is 316 g/mol. The van der Waals surface area contributed by atoms with E-state index in [9.17, 15) is 26.7 Å². The lowest BCUT2D eigenvalue weighted by Gasteiger charge is -2.19. The minimum absolute atomic E-state index is 0.162. The molecule has 0 amide bonds. The van der Waals surface area contributed by atoms with Gasteiger partial charge in [-0.05, 0) is 13.3 Å². The Morgan fingerprint density at radius 2 is 1.86 bits per heavy atom. The number of allylic oxidation sites excluding steroid dienone is 1. The van der Waals surface area contributed by atoms with Gasteiger partial charge in [-0.3, -0.25) is 5.41 Å². The third kappa shape index (κ3) is 6.09. The van der Waals surface area contributed by atoms with Crippen molar-refractivity contribution in [1.29, 1.82) is 5.41 Å². The predicted octanol–water partition coefficient (Wildman–Crippen LogP) is 3.04. The normalized spacial score (nSPS) is 13.0. The van der Waals surface area contributed by atoms with Crippen molar-refractivity contribution in [2.24, 2.45) is 0 Å². The zero-order chi connectivity index (χ0) is 16.6. The lowest BCUT2D eigenvalue weighted by atomic mass is 10.1. The minimum Gasteiger partial charge on any atom is -0.462 e. The Morgan fingerprint density at radius 3 is 2.24 bits per heavy atom. The molecule has 9 heteroatoms. The Kier molecular flexibility index (Phi) is 7.90. The lowest BCUT2D eigenvalue weighted by molar-refractivity contribution is -0.139. The fourth-order valence-electron chi connectivity index (χ4n) is 1.38. The second-order valence-electron chi connectivity index (χ2n) is 3.96. The Bertz CT molecular complexity index is 405. The second kappa shape index (κ2) is 8.58. The van der Waals surface area contributed by atoms with E-state index in [1.165, 1.54) is 6.92 Å². The van der Waals surface area contributed by atoms with Crippen molar-refractivity contribution < 1.29 is 31.5 Å². The molecule has 0 aliphatic rings. The van der Waals surface area contributed by atoms with Crippen LogP contribution in [-0.2, 0) is 9.53 Å². The Morgan fingerprint density at radius 1 is 1.29 bits per heavy atom. The Balaban J connectivity index is 5.77. The number of halogens is 5. The number of unbranched alkanes of at least 4 members (excludes halogenated alkanes) is 1. The molecular weight excluding hydrogens is 299 g/mol. The van der Waals surface area contributed by atoms with Crippen LogP contribution in [0.5, 0.6) is 0 Å². The molecule has 0 atom stereocenters. The van der Waals surface area contributed by atoms with Crippen molar-refractivity contribution in [1.82, 2.24) is 5.32 Å². The first-order valence-electron chi connectivity index (χ1n) is 6.26. The van der Waals surface area contributed by atoms with Crippen LogP contribution >= 0.6 is 0 Å². The van der Waals surface area contributed by atoms with Gasteiger partial charge in [-0.2, -0.15) is 13.2 Å². The summed E-state index contributed by atoms with van der Waals surface area (Å²) in [7, 11) is 0. The standard InChI is InChI=1S/C12H17F5N2O2/c1-3-5-6-19-9(12(15,16)17)7(8(18)10(13)14)11(20)21-4-2/h10,18-19H,3-6H2,1-2H3/b9-7+,18-8?. The summed E-state index contributed by atoms with van der Waals surface area (Å²) < 4.78 is 68.3. The highest BCUT2D eigenvalue weighted by Crippen LogP contribution is 2.28. The summed E-state index contributed by atoms with van der Waals surface area (Å²) in [5, 5.41) is 8.97. The minimum atomic E-state index is -5.07. The quantitative estimate of drug-likeness (QED) is 0.238. The number of esters is 1. The smallest absolute Gasteiger partial charge is 0.431 e. The summed E-state index contributed by atoms with van der Waals surface area (Å²) >= 11 is 0. The fourth-order valence-corrected chi connectivity index (χ4v) is 1.38. The second-order valence-corrected chi connectivity index (χ2v) is 3.96. The van der Waals surface area contributed by atoms with Gasteiger partial charge < -0.3 is 10.1 Å². The van der Waals surface area contributed by atoms with Crippen LogP contribution < -0.4 is 5.32 Å². The molecule has 0 aliphatic heterocycles. The molecule has 0 unspecified atom stereocenters. The van der Waals surface area contributed by atoms with Gasteiger partial charge in [-0.1, -0.05) is 13.3 Å². The van der Waals surface area contributed by atoms with Crippen LogP contribution in [-0.4, -0.2) is 37.4 Å². The average Bonchev–Trinajstić information content (AvgIpc) is 2.36. The molecule has 0 saturated carbocycles. The van der Waals surface area contributed by atoms with E-state index in [0.717, 1.165) is 0 Å². The number of alkyl halides is 5. The largest absolute Gasteiger partial charge is 0.462 e. The maximum Gasteiger partial charge on any atom is 0.431 e. The number of ether oxygens (including phenoxy) is 1. The SMILES string of the molecule is CCCCN/C(=C(\C(=N)C(F)F)C(=O)OCC)C(F)(F)F. The first-order chi connectivity index (χ1) is 9.66. The molecule has 0 fully saturated rings. The summed E-state index contributed by atoms with van der Waals surface area (Å²) in [6.07, 6.45) is -7.68. The van der Waals surface area contributed by atoms with E-state index in [0.29, 0.717) is 12.8 Å². The first kappa shape index (κ1) is 19.3. The number of rotatable bonds is 8. The highest BCUT2D eigenvalue weighted by Gasteiger charge is 2.41. The van der Waals surface area contributed by atoms with Gasteiger partial charge in [0, 0.05) is 6.54 Å². The zero-order valence-corrected chi connectivity index (χ0v) is 11.6. The van der Waals surface area contributed by atoms with Crippen molar-refractivity contribution >= 4 is 11.7 Å². The van der Waals surface area contributed by atoms with Crippen molar-refractivity contribution in [3.05, 3.63) is 11.3 Å². The van der Waals surface area contributed by atoms with Gasteiger partial charge in [0.05, 0.1) is 6.61 Å². The van der Waals surface area contributed by atoms with Crippen LogP contribution in [0, 0.1) is 5.41 Å². The third-order valence-electron chi connectivity index (χ3n) is 2.33. The molecular formula is C12H17F5N2O2. The molecule has 0 radical (unpaired) electrons. The van der Waals surface area contributed by atoms with Gasteiger partial charge >= 0.3 is 12.1 Å². The Labute approximate surface area is 118 Å². The highest BCUT2D eigenvalue weighted by atomic mass is 19.4. The molecule has 0 rings (SSSR count). The van der Waals surface area contributed by atoms with Crippen LogP contribution in [0.1, 0.15) is 26.7 Å². The first-order valence-corrected chi connectivity index (χ1v) is 6.26. The third-order valence-corrected chi connectivity index (χ3v) is 2.33. The van der Waals surface area contributed by atoms with E-state index in [2.05, 4.69) is 4.74 Å². The highest BCUT2D eigenvalue weighted by molar-refractivity contribution is 6.20. The molecule has 0 spiro atoms. The van der Waals surface area contributed by atoms with Gasteiger partial charge in [0.1, 0.15) is 17.0 Å². The van der Waals surface area contributed by atoms with Gasteiger partial charge in [0.15, 0.2) is 0 Å². The molecule has 0 bridgehead atoms. The molecule has 0 aromatic carbocycles. The number of nitrogens with one attached hydrogen (secondary N) is 2. The van der Waals surface area contributed by atoms with E-state index in [-0.39, 0.29) is 13.2 Å². The average molecular weight is 316 g/mol. The number of carbonyl (C=O) groups excluding carboxylic acids is 1. The van der Waals surface area contributed by atoms with Crippen LogP contribution in [0.2, 0.25) is 0 Å². The number of hydrogen-bond donors (Lipinski definition) is 2. The molecule has 0 aromatic rings. The molecule has 4 nitrogen and oxygen atoms in total. The maximum absolute atomic E-state index is 13.0. The van der Waals surface area contributed by atoms with E-state index < -0.39 is 35.6 Å². The van der Waals surface area contributed by atoms with E-state index in [4.69, 9.17) is 5.41 Å². The predicted molar refractivity (Wildman–Crippen MR) is 66.4 cm³/mol. The van der Waals surface area contributed by atoms with Crippen LogP contribution in [0.4, 0.5) is 22.0 Å². The lowest BCUT2D eigenvalue weighted by Crippen LogP contribution is -2.35. The molecule has 0 heterocycles. The number of carbonyl (C=O) groups is 1. The van der Waals surface area contributed by atoms with E-state index in [1.54, 1.807) is 6.92 Å². The summed E-state index contributed by atoms with van der Waals surface area (Å²) in [5.74, 6) is -1.60. The van der Waals surface area contributed by atoms with Gasteiger partial charge in [-0.25, -0.2) is 13.6 Å². The topological polar surface area (TPSA) is 62.2 Å². The van der Waals surface area contributed by atoms with Crippen molar-refractivity contribution in [3.63, 3.8) is 0 Å². The van der Waals surface area contributed by atoms with Gasteiger partial charge in [0.25, 0.3) is 6.43 Å². The summed E-state index contributed by atoms with van der Waals surface area (Å²) in [4.78, 5) is 11.5. The van der Waals surface area contributed by atoms with Crippen molar-refractivity contribution in [2.75, 3.05) is 13.2 Å². The van der Waals surface area contributed by atoms with Gasteiger partial charge in [-0.15, -0.1) is 0 Å². The van der Waals surface area contributed by atoms with Crippen LogP contribution in [0.15, 0.2) is 11.3 Å². The summed E-state index contributed by atoms with van der Waals surface area (Å²) in [6, 6.07) is 0.